The minimum absolute atomic E-state index is 0.533. The van der Waals surface area contributed by atoms with E-state index in [0.717, 1.165) is 63.3 Å². The molecule has 0 spiro atoms. The number of anilines is 8. The molecule has 0 N–H and O–H groups in total. The second-order valence-corrected chi connectivity index (χ2v) is 13.3. The first-order valence-electron chi connectivity index (χ1n) is 18.0. The normalized spacial score (nSPS) is 13.0. The molecule has 0 radical (unpaired) electrons. The number of hydrogen-bond acceptors (Lipinski definition) is 8. The first-order chi connectivity index (χ1) is 26.7. The Kier molecular flexibility index (Phi) is 6.66. The summed E-state index contributed by atoms with van der Waals surface area (Å²) in [5.41, 5.74) is 13.2. The van der Waals surface area contributed by atoms with E-state index in [9.17, 15) is 0 Å². The standard InChI is InChI=1S/C46H31N5O3/c1-2-49-35-11-3-5-13-37(35)50(38-14-6-4-12-36(38)49)31-23-19-29(20-24-31)45-47-33-27-44-34(28-43(33)53-45)48-46(54-44)30-21-25-32(26-22-30)51-39-15-7-9-17-41(39)52-42-18-10-8-16-40(42)51/h3-28H,2H2,1H3. The smallest absolute Gasteiger partial charge is 0.227 e. The van der Waals surface area contributed by atoms with Crippen molar-refractivity contribution in [2.24, 2.45) is 0 Å². The minimum Gasteiger partial charge on any atom is -0.453 e. The van der Waals surface area contributed by atoms with Crippen molar-refractivity contribution in [2.45, 2.75) is 6.92 Å². The number of ether oxygens (including phenoxy) is 1. The summed E-state index contributed by atoms with van der Waals surface area (Å²) in [4.78, 5) is 16.6. The number of para-hydroxylation sites is 8. The quantitative estimate of drug-likeness (QED) is 0.176. The molecular weight excluding hydrogens is 671 g/mol. The third kappa shape index (κ3) is 4.70. The zero-order valence-electron chi connectivity index (χ0n) is 29.2. The van der Waals surface area contributed by atoms with Crippen LogP contribution in [0.15, 0.2) is 167 Å². The fourth-order valence-corrected chi connectivity index (χ4v) is 7.73. The Balaban J connectivity index is 0.884. The molecule has 2 aromatic heterocycles. The number of benzene rings is 7. The molecule has 8 nitrogen and oxygen atoms in total. The number of rotatable bonds is 5. The first kappa shape index (κ1) is 30.3. The van der Waals surface area contributed by atoms with Crippen molar-refractivity contribution in [2.75, 3.05) is 21.2 Å². The van der Waals surface area contributed by atoms with Crippen molar-refractivity contribution in [3.05, 3.63) is 158 Å². The first-order valence-corrected chi connectivity index (χ1v) is 18.0. The maximum Gasteiger partial charge on any atom is 0.227 e. The summed E-state index contributed by atoms with van der Waals surface area (Å²) < 4.78 is 18.8. The summed E-state index contributed by atoms with van der Waals surface area (Å²) in [7, 11) is 0. The molecule has 11 rings (SSSR count). The Bertz CT molecular complexity index is 2730. The van der Waals surface area contributed by atoms with Gasteiger partial charge in [-0.1, -0.05) is 48.5 Å². The zero-order chi connectivity index (χ0) is 35.8. The second kappa shape index (κ2) is 11.9. The van der Waals surface area contributed by atoms with Crippen LogP contribution in [0.25, 0.3) is 45.1 Å². The van der Waals surface area contributed by atoms with E-state index in [1.165, 1.54) is 11.4 Å². The van der Waals surface area contributed by atoms with E-state index < -0.39 is 0 Å². The molecule has 7 aromatic carbocycles. The van der Waals surface area contributed by atoms with Gasteiger partial charge in [-0.25, -0.2) is 9.97 Å². The van der Waals surface area contributed by atoms with Gasteiger partial charge in [-0.2, -0.15) is 0 Å². The third-order valence-electron chi connectivity index (χ3n) is 10.2. The lowest BCUT2D eigenvalue weighted by atomic mass is 10.1. The van der Waals surface area contributed by atoms with Crippen molar-refractivity contribution in [3.63, 3.8) is 0 Å². The van der Waals surface area contributed by atoms with Crippen LogP contribution < -0.4 is 19.4 Å². The SMILES string of the molecule is CCN1c2ccccc2N(c2ccc(-c3nc4cc5oc(-c6ccc(N7c8ccccc8Oc8ccccc87)cc6)nc5cc4o3)cc2)c2ccccc21. The number of oxazole rings is 2. The van der Waals surface area contributed by atoms with Crippen molar-refractivity contribution in [3.8, 4) is 34.4 Å². The molecule has 0 fully saturated rings. The van der Waals surface area contributed by atoms with Crippen molar-refractivity contribution in [1.82, 2.24) is 9.97 Å². The van der Waals surface area contributed by atoms with Gasteiger partial charge in [0.1, 0.15) is 11.0 Å². The van der Waals surface area contributed by atoms with Gasteiger partial charge in [-0.05, 0) is 104 Å². The van der Waals surface area contributed by atoms with Gasteiger partial charge < -0.3 is 28.3 Å². The molecule has 0 unspecified atom stereocenters. The Labute approximate surface area is 310 Å². The van der Waals surface area contributed by atoms with Crippen LogP contribution in [-0.4, -0.2) is 16.5 Å². The van der Waals surface area contributed by atoms with Crippen LogP contribution in [0, 0.1) is 0 Å². The fourth-order valence-electron chi connectivity index (χ4n) is 7.73. The fraction of sp³-hybridized carbons (Fsp3) is 0.0435. The summed E-state index contributed by atoms with van der Waals surface area (Å²) >= 11 is 0. The highest BCUT2D eigenvalue weighted by Crippen LogP contribution is 2.52. The highest BCUT2D eigenvalue weighted by molar-refractivity contribution is 5.98. The lowest BCUT2D eigenvalue weighted by Crippen LogP contribution is -2.26. The lowest BCUT2D eigenvalue weighted by molar-refractivity contribution is 0.477. The van der Waals surface area contributed by atoms with Gasteiger partial charge in [0.25, 0.3) is 0 Å². The minimum atomic E-state index is 0.533. The van der Waals surface area contributed by atoms with E-state index >= 15 is 0 Å². The van der Waals surface area contributed by atoms with E-state index in [4.69, 9.17) is 23.5 Å². The predicted octanol–water partition coefficient (Wildman–Crippen LogP) is 12.8. The predicted molar refractivity (Wildman–Crippen MR) is 215 cm³/mol. The Morgan fingerprint density at radius 1 is 0.444 bits per heavy atom. The van der Waals surface area contributed by atoms with E-state index in [-0.39, 0.29) is 0 Å². The number of nitrogens with zero attached hydrogens (tertiary/aromatic N) is 5. The molecule has 0 amide bonds. The van der Waals surface area contributed by atoms with Crippen LogP contribution in [0.5, 0.6) is 11.5 Å². The topological polar surface area (TPSA) is 71.0 Å². The molecule has 2 aliphatic heterocycles. The largest absolute Gasteiger partial charge is 0.453 e. The molecule has 54 heavy (non-hydrogen) atoms. The van der Waals surface area contributed by atoms with Crippen molar-refractivity contribution in [1.29, 1.82) is 0 Å². The van der Waals surface area contributed by atoms with E-state index in [0.29, 0.717) is 34.0 Å². The summed E-state index contributed by atoms with van der Waals surface area (Å²) in [6.07, 6.45) is 0. The highest BCUT2D eigenvalue weighted by Gasteiger charge is 2.29. The molecule has 0 saturated carbocycles. The van der Waals surface area contributed by atoms with Gasteiger partial charge in [-0.15, -0.1) is 0 Å². The van der Waals surface area contributed by atoms with Crippen LogP contribution in [0.3, 0.4) is 0 Å². The number of aromatic nitrogens is 2. The average Bonchev–Trinajstić information content (AvgIpc) is 3.84. The molecule has 0 aliphatic carbocycles. The van der Waals surface area contributed by atoms with Gasteiger partial charge in [-0.3, -0.25) is 0 Å². The molecule has 0 atom stereocenters. The van der Waals surface area contributed by atoms with Gasteiger partial charge in [0, 0.05) is 41.2 Å². The van der Waals surface area contributed by atoms with E-state index in [1.807, 2.05) is 60.7 Å². The summed E-state index contributed by atoms with van der Waals surface area (Å²) in [5.74, 6) is 2.71. The summed E-state index contributed by atoms with van der Waals surface area (Å²) in [6.45, 7) is 3.07. The Morgan fingerprint density at radius 3 is 1.28 bits per heavy atom. The lowest BCUT2D eigenvalue weighted by Gasteiger charge is -2.39. The average molecular weight is 702 g/mol. The van der Waals surface area contributed by atoms with Crippen LogP contribution in [0.1, 0.15) is 6.92 Å². The van der Waals surface area contributed by atoms with Gasteiger partial charge in [0.2, 0.25) is 11.8 Å². The maximum absolute atomic E-state index is 6.32. The van der Waals surface area contributed by atoms with Crippen LogP contribution in [0.2, 0.25) is 0 Å². The van der Waals surface area contributed by atoms with Gasteiger partial charge in [0.15, 0.2) is 22.7 Å². The van der Waals surface area contributed by atoms with Gasteiger partial charge in [0.05, 0.1) is 34.1 Å². The third-order valence-corrected chi connectivity index (χ3v) is 10.2. The number of hydrogen-bond donors (Lipinski definition) is 0. The van der Waals surface area contributed by atoms with Crippen molar-refractivity contribution >= 4 is 67.7 Å². The maximum atomic E-state index is 6.32. The molecule has 0 saturated heterocycles. The van der Waals surface area contributed by atoms with E-state index in [2.05, 4.69) is 119 Å². The molecule has 258 valence electrons. The Hall–Kier alpha value is -7.32. The summed E-state index contributed by atoms with van der Waals surface area (Å²) in [5, 5.41) is 0. The summed E-state index contributed by atoms with van der Waals surface area (Å²) in [6, 6.07) is 53.6. The molecular formula is C46H31N5O3. The van der Waals surface area contributed by atoms with Crippen LogP contribution in [0.4, 0.5) is 45.5 Å². The molecule has 4 heterocycles. The van der Waals surface area contributed by atoms with Crippen LogP contribution >= 0.6 is 0 Å². The highest BCUT2D eigenvalue weighted by atomic mass is 16.5. The molecule has 2 aliphatic rings. The zero-order valence-corrected chi connectivity index (χ0v) is 29.2. The van der Waals surface area contributed by atoms with Crippen LogP contribution in [-0.2, 0) is 0 Å². The van der Waals surface area contributed by atoms with E-state index in [1.54, 1.807) is 0 Å². The molecule has 9 aromatic rings. The Morgan fingerprint density at radius 2 is 0.833 bits per heavy atom. The van der Waals surface area contributed by atoms with Crippen molar-refractivity contribution < 1.29 is 13.6 Å². The second-order valence-electron chi connectivity index (χ2n) is 13.3. The monoisotopic (exact) mass is 701 g/mol. The molecule has 8 heteroatoms. The number of fused-ring (bicyclic) bond motifs is 6. The van der Waals surface area contributed by atoms with Gasteiger partial charge >= 0.3 is 0 Å². The molecule has 0 bridgehead atoms.